The molecule has 0 aliphatic carbocycles. The lowest BCUT2D eigenvalue weighted by Gasteiger charge is -2.37. The Kier molecular flexibility index (Phi) is 5.12. The standard InChI is InChI=1S/C13H25FN2O2S2Si/c1-13(2,3)21(6,7)11-9(8-16(4)5)19-12(10(11)14)20(15,17)18/h8H2,1-7H3,(H2,15,17,18). The molecule has 0 amide bonds. The van der Waals surface area contributed by atoms with E-state index in [1.54, 1.807) is 0 Å². The average Bonchev–Trinajstić information content (AvgIpc) is 2.52. The van der Waals surface area contributed by atoms with Crippen molar-refractivity contribution in [1.82, 2.24) is 4.90 Å². The van der Waals surface area contributed by atoms with E-state index in [0.29, 0.717) is 11.7 Å². The molecule has 0 saturated heterocycles. The molecular weight excluding hydrogens is 327 g/mol. The van der Waals surface area contributed by atoms with Crippen LogP contribution in [0, 0.1) is 5.82 Å². The zero-order valence-electron chi connectivity index (χ0n) is 13.7. The number of hydrogen-bond donors (Lipinski definition) is 1. The molecule has 8 heteroatoms. The first-order valence-electron chi connectivity index (χ1n) is 6.68. The Hall–Kier alpha value is -0.283. The zero-order valence-corrected chi connectivity index (χ0v) is 16.4. The van der Waals surface area contributed by atoms with Gasteiger partial charge in [0.25, 0.3) is 10.0 Å². The van der Waals surface area contributed by atoms with Crippen LogP contribution in [0.3, 0.4) is 0 Å². The Bertz CT molecular complexity index is 631. The lowest BCUT2D eigenvalue weighted by molar-refractivity contribution is 0.407. The fraction of sp³-hybridized carbons (Fsp3) is 0.692. The Balaban J connectivity index is 3.67. The highest BCUT2D eigenvalue weighted by Crippen LogP contribution is 2.39. The number of rotatable bonds is 4. The molecule has 0 saturated carbocycles. The van der Waals surface area contributed by atoms with Gasteiger partial charge in [-0.3, -0.25) is 0 Å². The van der Waals surface area contributed by atoms with Gasteiger partial charge in [-0.15, -0.1) is 11.3 Å². The van der Waals surface area contributed by atoms with Gasteiger partial charge in [0.15, 0.2) is 10.0 Å². The topological polar surface area (TPSA) is 63.4 Å². The second kappa shape index (κ2) is 5.73. The molecule has 1 aromatic heterocycles. The lowest BCUT2D eigenvalue weighted by Crippen LogP contribution is -2.52. The van der Waals surface area contributed by atoms with Crippen molar-refractivity contribution in [3.63, 3.8) is 0 Å². The third-order valence-electron chi connectivity index (χ3n) is 4.11. The summed E-state index contributed by atoms with van der Waals surface area (Å²) in [6.45, 7) is 10.9. The summed E-state index contributed by atoms with van der Waals surface area (Å²) in [5.74, 6) is -0.633. The molecule has 1 rings (SSSR count). The predicted molar refractivity (Wildman–Crippen MR) is 89.9 cm³/mol. The molecule has 1 heterocycles. The molecule has 122 valence electrons. The van der Waals surface area contributed by atoms with Crippen molar-refractivity contribution in [3.8, 4) is 0 Å². The smallest absolute Gasteiger partial charge is 0.250 e. The van der Waals surface area contributed by atoms with Gasteiger partial charge in [-0.25, -0.2) is 17.9 Å². The molecule has 0 radical (unpaired) electrons. The van der Waals surface area contributed by atoms with E-state index in [1.807, 2.05) is 19.0 Å². The first-order valence-corrected chi connectivity index (χ1v) is 12.0. The fourth-order valence-corrected chi connectivity index (χ4v) is 7.36. The zero-order chi connectivity index (χ0) is 16.8. The summed E-state index contributed by atoms with van der Waals surface area (Å²) < 4.78 is 37.8. The maximum Gasteiger partial charge on any atom is 0.250 e. The van der Waals surface area contributed by atoms with Crippen LogP contribution in [0.25, 0.3) is 0 Å². The molecule has 0 aliphatic heterocycles. The van der Waals surface area contributed by atoms with E-state index in [2.05, 4.69) is 33.9 Å². The predicted octanol–water partition coefficient (Wildman–Crippen LogP) is 2.31. The molecule has 2 N–H and O–H groups in total. The number of thiophene rings is 1. The van der Waals surface area contributed by atoms with E-state index in [1.165, 1.54) is 0 Å². The molecule has 0 aromatic carbocycles. The van der Waals surface area contributed by atoms with E-state index in [4.69, 9.17) is 5.14 Å². The van der Waals surface area contributed by atoms with Crippen LogP contribution in [0.2, 0.25) is 18.1 Å². The second-order valence-corrected chi connectivity index (χ2v) is 15.3. The third-order valence-corrected chi connectivity index (χ3v) is 12.4. The van der Waals surface area contributed by atoms with Gasteiger partial charge in [0.2, 0.25) is 0 Å². The fourth-order valence-electron chi connectivity index (χ4n) is 2.01. The Labute approximate surface area is 132 Å². The summed E-state index contributed by atoms with van der Waals surface area (Å²) in [7, 11) is -2.48. The number of nitrogens with zero attached hydrogens (tertiary/aromatic N) is 1. The SMILES string of the molecule is CN(C)Cc1sc(S(N)(=O)=O)c(F)c1[Si](C)(C)C(C)(C)C. The van der Waals surface area contributed by atoms with Crippen molar-refractivity contribution >= 4 is 34.6 Å². The minimum Gasteiger partial charge on any atom is -0.304 e. The van der Waals surface area contributed by atoms with Gasteiger partial charge in [0.1, 0.15) is 0 Å². The van der Waals surface area contributed by atoms with Crippen LogP contribution in [0.1, 0.15) is 25.6 Å². The maximum absolute atomic E-state index is 14.8. The first kappa shape index (κ1) is 18.8. The van der Waals surface area contributed by atoms with Crippen molar-refractivity contribution in [1.29, 1.82) is 0 Å². The van der Waals surface area contributed by atoms with Gasteiger partial charge in [0, 0.05) is 11.4 Å². The van der Waals surface area contributed by atoms with Crippen LogP contribution < -0.4 is 10.3 Å². The number of nitrogens with two attached hydrogens (primary N) is 1. The van der Waals surface area contributed by atoms with E-state index >= 15 is 0 Å². The van der Waals surface area contributed by atoms with Gasteiger partial charge in [-0.1, -0.05) is 33.9 Å². The van der Waals surface area contributed by atoms with E-state index < -0.39 is 23.9 Å². The molecule has 0 fully saturated rings. The van der Waals surface area contributed by atoms with Crippen LogP contribution in [0.5, 0.6) is 0 Å². The van der Waals surface area contributed by atoms with Crippen molar-refractivity contribution in [2.45, 2.75) is 49.7 Å². The van der Waals surface area contributed by atoms with Gasteiger partial charge in [-0.05, 0) is 24.3 Å². The van der Waals surface area contributed by atoms with Crippen LogP contribution >= 0.6 is 11.3 Å². The van der Waals surface area contributed by atoms with Gasteiger partial charge < -0.3 is 4.90 Å². The highest BCUT2D eigenvalue weighted by Gasteiger charge is 2.43. The van der Waals surface area contributed by atoms with Gasteiger partial charge in [-0.2, -0.15) is 0 Å². The molecule has 4 nitrogen and oxygen atoms in total. The second-order valence-electron chi connectivity index (χ2n) is 7.16. The number of sulfonamides is 1. The first-order chi connectivity index (χ1) is 9.19. The normalized spacial score (nSPS) is 14.0. The van der Waals surface area contributed by atoms with Crippen molar-refractivity contribution < 1.29 is 12.8 Å². The summed E-state index contributed by atoms with van der Waals surface area (Å²) in [6.07, 6.45) is 0. The summed E-state index contributed by atoms with van der Waals surface area (Å²) >= 11 is 0.969. The lowest BCUT2D eigenvalue weighted by atomic mass is 10.2. The summed E-state index contributed by atoms with van der Waals surface area (Å²) in [5.41, 5.74) is 0. The Morgan fingerprint density at radius 3 is 2.10 bits per heavy atom. The van der Waals surface area contributed by atoms with Gasteiger partial charge >= 0.3 is 0 Å². The van der Waals surface area contributed by atoms with Crippen molar-refractivity contribution in [2.24, 2.45) is 5.14 Å². The minimum absolute atomic E-state index is 0.0917. The molecule has 0 unspecified atom stereocenters. The van der Waals surface area contributed by atoms with Crippen LogP contribution in [-0.2, 0) is 16.6 Å². The summed E-state index contributed by atoms with van der Waals surface area (Å²) in [6, 6.07) is 0. The Morgan fingerprint density at radius 2 is 1.76 bits per heavy atom. The average molecular weight is 353 g/mol. The third kappa shape index (κ3) is 3.73. The molecule has 0 aliphatic rings. The van der Waals surface area contributed by atoms with Crippen LogP contribution in [0.15, 0.2) is 4.21 Å². The Morgan fingerprint density at radius 1 is 1.29 bits per heavy atom. The van der Waals surface area contributed by atoms with E-state index in [-0.39, 0.29) is 9.25 Å². The summed E-state index contributed by atoms with van der Waals surface area (Å²) in [5, 5.41) is 5.67. The van der Waals surface area contributed by atoms with Crippen LogP contribution in [-0.4, -0.2) is 35.5 Å². The number of halogens is 1. The minimum atomic E-state index is -4.03. The number of hydrogen-bond acceptors (Lipinski definition) is 4. The highest BCUT2D eigenvalue weighted by molar-refractivity contribution is 7.91. The molecular formula is C13H25FN2O2S2Si. The van der Waals surface area contributed by atoms with E-state index in [0.717, 1.165) is 16.2 Å². The largest absolute Gasteiger partial charge is 0.304 e. The summed E-state index contributed by atoms with van der Waals surface area (Å²) in [4.78, 5) is 2.68. The number of primary sulfonamides is 1. The molecule has 1 aromatic rings. The monoisotopic (exact) mass is 352 g/mol. The van der Waals surface area contributed by atoms with E-state index in [9.17, 15) is 12.8 Å². The van der Waals surface area contributed by atoms with Crippen molar-refractivity contribution in [2.75, 3.05) is 14.1 Å². The van der Waals surface area contributed by atoms with Crippen LogP contribution in [0.4, 0.5) is 4.39 Å². The molecule has 0 atom stereocenters. The maximum atomic E-state index is 14.8. The van der Waals surface area contributed by atoms with Gasteiger partial charge in [0.05, 0.1) is 8.07 Å². The molecule has 21 heavy (non-hydrogen) atoms. The van der Waals surface area contributed by atoms with Crippen molar-refractivity contribution in [3.05, 3.63) is 10.7 Å². The molecule has 0 bridgehead atoms. The quantitative estimate of drug-likeness (QED) is 0.846. The molecule has 0 spiro atoms. The highest BCUT2D eigenvalue weighted by atomic mass is 32.2.